The predicted molar refractivity (Wildman–Crippen MR) is 80.4 cm³/mol. The highest BCUT2D eigenvalue weighted by Gasteiger charge is 2.17. The zero-order chi connectivity index (χ0) is 14.9. The van der Waals surface area contributed by atoms with Crippen LogP contribution in [0.25, 0.3) is 0 Å². The number of pyridine rings is 1. The SMILES string of the molecule is Cc1cc(C)nc(NS(=O)(=O)c2cc(C)ccc2C)c1. The Kier molecular flexibility index (Phi) is 3.81. The maximum absolute atomic E-state index is 12.4. The number of aryl methyl sites for hydroxylation is 4. The van der Waals surface area contributed by atoms with Crippen molar-refractivity contribution >= 4 is 15.8 Å². The van der Waals surface area contributed by atoms with Gasteiger partial charge in [0.25, 0.3) is 10.0 Å². The molecule has 0 aliphatic heterocycles. The van der Waals surface area contributed by atoms with Gasteiger partial charge in [-0.2, -0.15) is 0 Å². The highest BCUT2D eigenvalue weighted by Crippen LogP contribution is 2.20. The Morgan fingerprint density at radius 3 is 2.30 bits per heavy atom. The van der Waals surface area contributed by atoms with Crippen LogP contribution in [0.15, 0.2) is 35.2 Å². The lowest BCUT2D eigenvalue weighted by atomic mass is 10.2. The van der Waals surface area contributed by atoms with Crippen LogP contribution in [0.4, 0.5) is 5.82 Å². The lowest BCUT2D eigenvalue weighted by molar-refractivity contribution is 0.600. The first-order valence-electron chi connectivity index (χ1n) is 6.33. The quantitative estimate of drug-likeness (QED) is 0.945. The van der Waals surface area contributed by atoms with Crippen molar-refractivity contribution < 1.29 is 8.42 Å². The van der Waals surface area contributed by atoms with E-state index in [0.717, 1.165) is 16.8 Å². The molecule has 1 aromatic heterocycles. The summed E-state index contributed by atoms with van der Waals surface area (Å²) in [4.78, 5) is 4.50. The van der Waals surface area contributed by atoms with Gasteiger partial charge in [-0.1, -0.05) is 12.1 Å². The summed E-state index contributed by atoms with van der Waals surface area (Å²) < 4.78 is 27.4. The third-order valence-electron chi connectivity index (χ3n) is 2.97. The van der Waals surface area contributed by atoms with Crippen LogP contribution in [0, 0.1) is 27.7 Å². The molecule has 0 atom stereocenters. The number of hydrogen-bond acceptors (Lipinski definition) is 3. The molecule has 2 rings (SSSR count). The number of rotatable bonds is 3. The van der Waals surface area contributed by atoms with Crippen molar-refractivity contribution in [2.45, 2.75) is 32.6 Å². The van der Waals surface area contributed by atoms with Crippen LogP contribution in [0.2, 0.25) is 0 Å². The van der Waals surface area contributed by atoms with Gasteiger partial charge in [-0.25, -0.2) is 13.4 Å². The smallest absolute Gasteiger partial charge is 0.263 e. The fraction of sp³-hybridized carbons (Fsp3) is 0.267. The molecule has 0 saturated heterocycles. The van der Waals surface area contributed by atoms with E-state index < -0.39 is 10.0 Å². The number of anilines is 1. The fourth-order valence-corrected chi connectivity index (χ4v) is 3.41. The minimum Gasteiger partial charge on any atom is -0.263 e. The second-order valence-electron chi connectivity index (χ2n) is 5.05. The second kappa shape index (κ2) is 5.25. The highest BCUT2D eigenvalue weighted by atomic mass is 32.2. The van der Waals surface area contributed by atoms with Gasteiger partial charge < -0.3 is 0 Å². The minimum absolute atomic E-state index is 0.290. The minimum atomic E-state index is -3.61. The molecule has 0 aliphatic carbocycles. The average molecular weight is 290 g/mol. The van der Waals surface area contributed by atoms with Gasteiger partial charge in [0.15, 0.2) is 0 Å². The Labute approximate surface area is 119 Å². The van der Waals surface area contributed by atoms with E-state index in [0.29, 0.717) is 16.3 Å². The first kappa shape index (κ1) is 14.5. The molecular formula is C15H18N2O2S. The van der Waals surface area contributed by atoms with Crippen molar-refractivity contribution in [3.05, 3.63) is 52.7 Å². The maximum atomic E-state index is 12.4. The summed E-state index contributed by atoms with van der Waals surface area (Å²) in [7, 11) is -3.61. The molecule has 0 bridgehead atoms. The Hall–Kier alpha value is -1.88. The van der Waals surface area contributed by atoms with Gasteiger partial charge in [-0.15, -0.1) is 0 Å². The van der Waals surface area contributed by atoms with Crippen molar-refractivity contribution in [2.24, 2.45) is 0 Å². The monoisotopic (exact) mass is 290 g/mol. The van der Waals surface area contributed by atoms with Crippen LogP contribution in [0.1, 0.15) is 22.4 Å². The topological polar surface area (TPSA) is 59.1 Å². The van der Waals surface area contributed by atoms with E-state index in [1.54, 1.807) is 25.1 Å². The lowest BCUT2D eigenvalue weighted by Crippen LogP contribution is -2.15. The molecule has 1 heterocycles. The Morgan fingerprint density at radius 1 is 0.950 bits per heavy atom. The molecule has 0 saturated carbocycles. The largest absolute Gasteiger partial charge is 0.263 e. The van der Waals surface area contributed by atoms with Gasteiger partial charge in [0.05, 0.1) is 4.90 Å². The summed E-state index contributed by atoms with van der Waals surface area (Å²) in [6.07, 6.45) is 0. The van der Waals surface area contributed by atoms with Gasteiger partial charge in [0.2, 0.25) is 0 Å². The summed E-state index contributed by atoms with van der Waals surface area (Å²) in [6.45, 7) is 7.39. The normalized spacial score (nSPS) is 11.4. The highest BCUT2D eigenvalue weighted by molar-refractivity contribution is 7.92. The van der Waals surface area contributed by atoms with Crippen molar-refractivity contribution in [1.82, 2.24) is 4.98 Å². The molecule has 20 heavy (non-hydrogen) atoms. The van der Waals surface area contributed by atoms with Crippen molar-refractivity contribution in [1.29, 1.82) is 0 Å². The first-order valence-corrected chi connectivity index (χ1v) is 7.81. The molecule has 106 valence electrons. The van der Waals surface area contributed by atoms with Gasteiger partial charge >= 0.3 is 0 Å². The standard InChI is InChI=1S/C15H18N2O2S/c1-10-5-6-12(3)14(8-10)20(18,19)17-15-9-11(2)7-13(4)16-15/h5-9H,1-4H3,(H,16,17). The van der Waals surface area contributed by atoms with Crippen LogP contribution in [0.5, 0.6) is 0 Å². The summed E-state index contributed by atoms with van der Waals surface area (Å²) in [5.41, 5.74) is 3.37. The third kappa shape index (κ3) is 3.17. The van der Waals surface area contributed by atoms with E-state index >= 15 is 0 Å². The van der Waals surface area contributed by atoms with E-state index in [9.17, 15) is 8.42 Å². The van der Waals surface area contributed by atoms with Crippen LogP contribution in [-0.4, -0.2) is 13.4 Å². The molecule has 0 amide bonds. The molecule has 5 heteroatoms. The zero-order valence-corrected chi connectivity index (χ0v) is 12.9. The Bertz CT molecular complexity index is 732. The van der Waals surface area contributed by atoms with Crippen molar-refractivity contribution in [3.63, 3.8) is 0 Å². The molecule has 0 fully saturated rings. The summed E-state index contributed by atoms with van der Waals surface area (Å²) >= 11 is 0. The number of sulfonamides is 1. The van der Waals surface area contributed by atoms with Crippen molar-refractivity contribution in [3.8, 4) is 0 Å². The molecule has 0 unspecified atom stereocenters. The van der Waals surface area contributed by atoms with E-state index in [1.165, 1.54) is 0 Å². The molecule has 2 aromatic rings. The molecule has 1 aromatic carbocycles. The average Bonchev–Trinajstić information content (AvgIpc) is 2.30. The fourth-order valence-electron chi connectivity index (χ4n) is 2.08. The summed E-state index contributed by atoms with van der Waals surface area (Å²) in [5, 5.41) is 0. The number of aromatic nitrogens is 1. The van der Waals surface area contributed by atoms with Gasteiger partial charge in [-0.05, 0) is 62.6 Å². The molecule has 0 radical (unpaired) electrons. The summed E-state index contributed by atoms with van der Waals surface area (Å²) in [5.74, 6) is 0.350. The van der Waals surface area contributed by atoms with Crippen LogP contribution >= 0.6 is 0 Å². The van der Waals surface area contributed by atoms with Gasteiger partial charge in [0.1, 0.15) is 5.82 Å². The molecule has 1 N–H and O–H groups in total. The lowest BCUT2D eigenvalue weighted by Gasteiger charge is -2.11. The third-order valence-corrected chi connectivity index (χ3v) is 4.47. The predicted octanol–water partition coefficient (Wildman–Crippen LogP) is 3.12. The first-order chi connectivity index (χ1) is 9.28. The Morgan fingerprint density at radius 2 is 1.65 bits per heavy atom. The Balaban J connectivity index is 2.43. The van der Waals surface area contributed by atoms with Crippen LogP contribution in [0.3, 0.4) is 0 Å². The summed E-state index contributed by atoms with van der Waals surface area (Å²) in [6, 6.07) is 8.98. The van der Waals surface area contributed by atoms with Crippen molar-refractivity contribution in [2.75, 3.05) is 4.72 Å². The van der Waals surface area contributed by atoms with E-state index in [4.69, 9.17) is 0 Å². The second-order valence-corrected chi connectivity index (χ2v) is 6.70. The van der Waals surface area contributed by atoms with Gasteiger partial charge in [-0.3, -0.25) is 4.72 Å². The number of hydrogen-bond donors (Lipinski definition) is 1. The number of benzene rings is 1. The van der Waals surface area contributed by atoms with Crippen LogP contribution < -0.4 is 4.72 Å². The molecule has 4 nitrogen and oxygen atoms in total. The zero-order valence-electron chi connectivity index (χ0n) is 12.1. The molecule has 0 spiro atoms. The number of nitrogens with one attached hydrogen (secondary N) is 1. The van der Waals surface area contributed by atoms with Crippen LogP contribution in [-0.2, 0) is 10.0 Å². The molecular weight excluding hydrogens is 272 g/mol. The molecule has 0 aliphatic rings. The van der Waals surface area contributed by atoms with E-state index in [2.05, 4.69) is 9.71 Å². The maximum Gasteiger partial charge on any atom is 0.263 e. The van der Waals surface area contributed by atoms with E-state index in [-0.39, 0.29) is 0 Å². The van der Waals surface area contributed by atoms with Gasteiger partial charge in [0, 0.05) is 5.69 Å². The van der Waals surface area contributed by atoms with E-state index in [1.807, 2.05) is 32.9 Å². The number of nitrogens with zero attached hydrogens (tertiary/aromatic N) is 1.